The normalized spacial score (nSPS) is 10.0. The molecule has 2 N–H and O–H groups in total. The molecule has 1 rings (SSSR count). The summed E-state index contributed by atoms with van der Waals surface area (Å²) in [6.45, 7) is 0. The molecule has 0 aromatic heterocycles. The zero-order valence-electron chi connectivity index (χ0n) is 7.31. The number of rotatable bonds is 1. The monoisotopic (exact) mass is 218 g/mol. The van der Waals surface area contributed by atoms with E-state index in [1.54, 1.807) is 0 Å². The topological polar surface area (TPSA) is 94.1 Å². The molecule has 0 unspecified atom stereocenters. The molecule has 0 saturated heterocycles. The number of halogens is 1. The maximum absolute atomic E-state index is 12.9. The Hall–Kier alpha value is -0.915. The Morgan fingerprint density at radius 2 is 1.79 bits per heavy atom. The minimum Gasteiger partial charge on any atom is -0.870 e. The molecule has 0 fully saturated rings. The summed E-state index contributed by atoms with van der Waals surface area (Å²) < 4.78 is 34.7. The van der Waals surface area contributed by atoms with Crippen molar-refractivity contribution >= 4 is 23.1 Å². The van der Waals surface area contributed by atoms with E-state index in [-0.39, 0.29) is 21.3 Å². The molecule has 1 aromatic rings. The Morgan fingerprint density at radius 1 is 1.29 bits per heavy atom. The third-order valence-electron chi connectivity index (χ3n) is 1.36. The number of hydrogen-bond donors (Lipinski definition) is 0. The molecular weight excluding hydrogens is 210 g/mol. The van der Waals surface area contributed by atoms with Crippen molar-refractivity contribution in [2.24, 2.45) is 0 Å². The van der Waals surface area contributed by atoms with E-state index in [9.17, 15) is 12.8 Å². The molecule has 0 aliphatic carbocycles. The zero-order valence-corrected chi connectivity index (χ0v) is 8.12. The fourth-order valence-corrected chi connectivity index (χ4v) is 1.55. The molecule has 0 spiro atoms. The van der Waals surface area contributed by atoms with Crippen molar-refractivity contribution in [3.8, 4) is 0 Å². The molecule has 1 aromatic carbocycles. The van der Waals surface area contributed by atoms with Gasteiger partial charge in [-0.15, -0.1) is 0 Å². The predicted molar refractivity (Wildman–Crippen MR) is 48.8 cm³/mol. The van der Waals surface area contributed by atoms with Crippen LogP contribution in [-0.2, 0) is 9.84 Å². The minimum atomic E-state index is -3.48. The summed E-state index contributed by atoms with van der Waals surface area (Å²) in [5.41, 5.74) is 0.208. The molecule has 7 heteroatoms. The second kappa shape index (κ2) is 5.09. The van der Waals surface area contributed by atoms with Gasteiger partial charge in [0, 0.05) is 0 Å². The van der Waals surface area contributed by atoms with Gasteiger partial charge in [0.15, 0.2) is 0 Å². The second-order valence-corrected chi connectivity index (χ2v) is 4.45. The van der Waals surface area contributed by atoms with Crippen molar-refractivity contribution < 1.29 is 23.8 Å². The zero-order chi connectivity index (χ0) is 9.35. The standard InChI is InChI=1S/C7H6BFO2S.2H2O/c1-12(10,11)7-3-2-5(8)4-6(7)9;;/h2-4H,1H3;2*1H2/q+2;;/p-2. The molecule has 0 heterocycles. The smallest absolute Gasteiger partial charge is 0.870 e. The van der Waals surface area contributed by atoms with Crippen LogP contribution in [0.1, 0.15) is 0 Å². The van der Waals surface area contributed by atoms with Crippen LogP contribution in [0.2, 0.25) is 0 Å². The number of hydrogen-bond acceptors (Lipinski definition) is 4. The van der Waals surface area contributed by atoms with Gasteiger partial charge in [0.1, 0.15) is 0 Å². The third kappa shape index (κ3) is 3.45. The Morgan fingerprint density at radius 3 is 2.14 bits per heavy atom. The fraction of sp³-hybridized carbons (Fsp3) is 0.143. The molecule has 4 nitrogen and oxygen atoms in total. The van der Waals surface area contributed by atoms with Crippen LogP contribution in [0.5, 0.6) is 0 Å². The molecule has 0 bridgehead atoms. The fourth-order valence-electron chi connectivity index (χ4n) is 0.818. The molecule has 0 radical (unpaired) electrons. The maximum Gasteiger partial charge on any atom is -0.870 e. The van der Waals surface area contributed by atoms with E-state index in [1.807, 2.05) is 0 Å². The van der Waals surface area contributed by atoms with E-state index in [0.29, 0.717) is 0 Å². The molecular formula is C7H8BFO4S. The van der Waals surface area contributed by atoms with Crippen molar-refractivity contribution in [3.63, 3.8) is 0 Å². The van der Waals surface area contributed by atoms with Gasteiger partial charge in [0.05, 0.1) is 0 Å². The van der Waals surface area contributed by atoms with Crippen molar-refractivity contribution in [1.82, 2.24) is 0 Å². The first-order valence-electron chi connectivity index (χ1n) is 3.16. The van der Waals surface area contributed by atoms with Gasteiger partial charge in [0.2, 0.25) is 0 Å². The molecule has 0 aliphatic rings. The molecule has 76 valence electrons. The van der Waals surface area contributed by atoms with Crippen molar-refractivity contribution in [2.45, 2.75) is 4.90 Å². The maximum atomic E-state index is 12.9. The predicted octanol–water partition coefficient (Wildman–Crippen LogP) is -0.331. The Bertz CT molecular complexity index is 404. The number of sulfone groups is 1. The summed E-state index contributed by atoms with van der Waals surface area (Å²) in [6, 6.07) is 3.48. The largest absolute Gasteiger partial charge is 0.870 e. The van der Waals surface area contributed by atoms with E-state index in [1.165, 1.54) is 6.07 Å². The van der Waals surface area contributed by atoms with Gasteiger partial charge in [-0.25, -0.2) is 0 Å². The summed E-state index contributed by atoms with van der Waals surface area (Å²) in [6.07, 6.45) is 0.946. The van der Waals surface area contributed by atoms with Crippen molar-refractivity contribution in [1.29, 1.82) is 0 Å². The molecule has 0 aliphatic heterocycles. The molecule has 14 heavy (non-hydrogen) atoms. The summed E-state index contributed by atoms with van der Waals surface area (Å²) in [7, 11) is 1.76. The first-order chi connectivity index (χ1) is 5.41. The van der Waals surface area contributed by atoms with E-state index >= 15 is 0 Å². The molecule has 0 saturated carbocycles. The van der Waals surface area contributed by atoms with E-state index in [2.05, 4.69) is 0 Å². The Labute approximate surface area is 82.7 Å². The van der Waals surface area contributed by atoms with Crippen molar-refractivity contribution in [3.05, 3.63) is 24.0 Å². The van der Waals surface area contributed by atoms with Crippen LogP contribution in [0.25, 0.3) is 0 Å². The minimum absolute atomic E-state index is 0. The van der Waals surface area contributed by atoms with Gasteiger partial charge in [0.25, 0.3) is 0 Å². The average Bonchev–Trinajstić information content (AvgIpc) is 1.83. The SMILES string of the molecule is [B+2]c1ccc(S(C)(=O)=O)c(F)c1.[OH-].[OH-]. The van der Waals surface area contributed by atoms with Crippen LogP contribution in [0.4, 0.5) is 4.39 Å². The Balaban J connectivity index is 0. The van der Waals surface area contributed by atoms with Crippen LogP contribution < -0.4 is 5.46 Å². The van der Waals surface area contributed by atoms with Crippen LogP contribution >= 0.6 is 0 Å². The quantitative estimate of drug-likeness (QED) is 0.603. The summed E-state index contributed by atoms with van der Waals surface area (Å²) >= 11 is 0. The van der Waals surface area contributed by atoms with E-state index < -0.39 is 15.7 Å². The van der Waals surface area contributed by atoms with Crippen LogP contribution in [0.3, 0.4) is 0 Å². The van der Waals surface area contributed by atoms with Gasteiger partial charge < -0.3 is 11.0 Å². The summed E-state index contributed by atoms with van der Waals surface area (Å²) in [5.74, 6) is -0.808. The third-order valence-corrected chi connectivity index (χ3v) is 2.49. The average molecular weight is 218 g/mol. The summed E-state index contributed by atoms with van der Waals surface area (Å²) in [5, 5.41) is 0. The van der Waals surface area contributed by atoms with Gasteiger partial charge in [-0.2, -0.15) is 0 Å². The number of benzene rings is 1. The van der Waals surface area contributed by atoms with Gasteiger partial charge >= 0.3 is 71.1 Å². The van der Waals surface area contributed by atoms with Gasteiger partial charge in [-0.1, -0.05) is 0 Å². The van der Waals surface area contributed by atoms with Crippen LogP contribution in [0, 0.1) is 5.82 Å². The van der Waals surface area contributed by atoms with Gasteiger partial charge in [-0.05, 0) is 0 Å². The molecule has 0 atom stereocenters. The van der Waals surface area contributed by atoms with Crippen LogP contribution in [0.15, 0.2) is 23.1 Å². The van der Waals surface area contributed by atoms with Gasteiger partial charge in [-0.3, -0.25) is 0 Å². The van der Waals surface area contributed by atoms with E-state index in [0.717, 1.165) is 18.4 Å². The first kappa shape index (κ1) is 15.6. The van der Waals surface area contributed by atoms with Crippen LogP contribution in [-0.4, -0.2) is 33.5 Å². The second-order valence-electron chi connectivity index (χ2n) is 2.46. The first-order valence-corrected chi connectivity index (χ1v) is 5.05. The van der Waals surface area contributed by atoms with E-state index in [4.69, 9.17) is 7.85 Å². The van der Waals surface area contributed by atoms with Crippen molar-refractivity contribution in [2.75, 3.05) is 6.26 Å². The molecule has 0 amide bonds. The Kier molecular flexibility index (Phi) is 5.65. The summed E-state index contributed by atoms with van der Waals surface area (Å²) in [4.78, 5) is -0.322.